The fourth-order valence-corrected chi connectivity index (χ4v) is 4.00. The van der Waals surface area contributed by atoms with Crippen LogP contribution in [0.1, 0.15) is 17.7 Å². The second kappa shape index (κ2) is 13.4. The van der Waals surface area contributed by atoms with Crippen molar-refractivity contribution in [3.05, 3.63) is 54.2 Å². The normalized spacial score (nSPS) is 14.1. The molecule has 3 rings (SSSR count). The van der Waals surface area contributed by atoms with E-state index in [1.54, 1.807) is 18.3 Å². The lowest BCUT2D eigenvalue weighted by Crippen LogP contribution is -2.58. The molecule has 208 valence electrons. The quantitative estimate of drug-likeness (QED) is 0.109. The smallest absolute Gasteiger partial charge is 0.326 e. The number of thiol groups is 1. The SMILES string of the molecule is NC(CS)C(=O)NC(Cc1cnc[nH]1)C(=O)NC(CC(=O)O)C(=O)NC(Cc1c[nH]c2ccccc12)C(=O)O. The standard InChI is InChI=1S/C24H29N7O7S/c25-15(10-39)21(34)29-17(6-13-9-26-11-28-13)22(35)30-18(7-20(32)33)23(36)31-19(24(37)38)5-12-8-27-16-4-2-1-3-14(12)16/h1-4,8-9,11,15,17-19,27,39H,5-7,10,25H2,(H,26,28)(H,29,34)(H,30,35)(H,31,36)(H,32,33)(H,37,38). The van der Waals surface area contributed by atoms with Crippen molar-refractivity contribution in [3.63, 3.8) is 0 Å². The molecule has 1 aromatic carbocycles. The molecule has 3 aromatic rings. The van der Waals surface area contributed by atoms with Crippen molar-refractivity contribution in [1.29, 1.82) is 0 Å². The lowest BCUT2D eigenvalue weighted by atomic mass is 10.0. The molecule has 0 bridgehead atoms. The van der Waals surface area contributed by atoms with E-state index in [1.807, 2.05) is 12.1 Å². The van der Waals surface area contributed by atoms with Gasteiger partial charge in [0.1, 0.15) is 18.1 Å². The van der Waals surface area contributed by atoms with Crippen LogP contribution in [0.15, 0.2) is 43.0 Å². The number of rotatable bonds is 14. The van der Waals surface area contributed by atoms with Gasteiger partial charge in [0.2, 0.25) is 17.7 Å². The van der Waals surface area contributed by atoms with Crippen molar-refractivity contribution in [2.75, 3.05) is 5.75 Å². The third kappa shape index (κ3) is 8.05. The van der Waals surface area contributed by atoms with Gasteiger partial charge >= 0.3 is 11.9 Å². The maximum Gasteiger partial charge on any atom is 0.326 e. The maximum absolute atomic E-state index is 13.1. The number of aliphatic carboxylic acids is 2. The Morgan fingerprint density at radius 1 is 0.923 bits per heavy atom. The minimum absolute atomic E-state index is 0.00127. The van der Waals surface area contributed by atoms with E-state index in [0.29, 0.717) is 11.3 Å². The molecule has 0 saturated heterocycles. The van der Waals surface area contributed by atoms with Crippen LogP contribution in [0.2, 0.25) is 0 Å². The van der Waals surface area contributed by atoms with Crippen molar-refractivity contribution < 1.29 is 34.2 Å². The third-order valence-electron chi connectivity index (χ3n) is 5.87. The largest absolute Gasteiger partial charge is 0.481 e. The molecule has 2 heterocycles. The number of carbonyl (C=O) groups excluding carboxylic acids is 3. The Kier molecular flexibility index (Phi) is 10.1. The van der Waals surface area contributed by atoms with Gasteiger partial charge in [-0.05, 0) is 11.6 Å². The number of nitrogens with one attached hydrogen (secondary N) is 5. The summed E-state index contributed by atoms with van der Waals surface area (Å²) in [5, 5.41) is 27.0. The van der Waals surface area contributed by atoms with Crippen LogP contribution < -0.4 is 21.7 Å². The van der Waals surface area contributed by atoms with E-state index in [-0.39, 0.29) is 18.6 Å². The van der Waals surface area contributed by atoms with E-state index < -0.39 is 60.2 Å². The van der Waals surface area contributed by atoms with Gasteiger partial charge in [0, 0.05) is 47.6 Å². The molecule has 0 fully saturated rings. The highest BCUT2D eigenvalue weighted by molar-refractivity contribution is 7.80. The highest BCUT2D eigenvalue weighted by Crippen LogP contribution is 2.19. The summed E-state index contributed by atoms with van der Waals surface area (Å²) in [6.45, 7) is 0. The summed E-state index contributed by atoms with van der Waals surface area (Å²) in [5.74, 6) is -5.34. The van der Waals surface area contributed by atoms with Crippen molar-refractivity contribution in [3.8, 4) is 0 Å². The number of aromatic amines is 2. The first kappa shape index (κ1) is 29.2. The fraction of sp³-hybridized carbons (Fsp3) is 0.333. The number of H-pyrrole nitrogens is 2. The van der Waals surface area contributed by atoms with E-state index in [4.69, 9.17) is 5.73 Å². The predicted octanol–water partition coefficient (Wildman–Crippen LogP) is -1.05. The number of carboxylic acid groups (broad SMARTS) is 2. The van der Waals surface area contributed by atoms with Crippen LogP contribution in [0.5, 0.6) is 0 Å². The summed E-state index contributed by atoms with van der Waals surface area (Å²) < 4.78 is 0. The molecule has 0 aliphatic heterocycles. The van der Waals surface area contributed by atoms with Gasteiger partial charge in [-0.25, -0.2) is 9.78 Å². The highest BCUT2D eigenvalue weighted by Gasteiger charge is 2.32. The minimum atomic E-state index is -1.64. The number of nitrogens with zero attached hydrogens (tertiary/aromatic N) is 1. The summed E-state index contributed by atoms with van der Waals surface area (Å²) in [4.78, 5) is 71.6. The lowest BCUT2D eigenvalue weighted by molar-refractivity contribution is -0.143. The molecule has 3 amide bonds. The Morgan fingerprint density at radius 3 is 2.23 bits per heavy atom. The zero-order valence-corrected chi connectivity index (χ0v) is 21.5. The van der Waals surface area contributed by atoms with Crippen molar-refractivity contribution in [2.45, 2.75) is 43.4 Å². The van der Waals surface area contributed by atoms with Crippen LogP contribution in [-0.2, 0) is 36.8 Å². The van der Waals surface area contributed by atoms with E-state index >= 15 is 0 Å². The first-order valence-electron chi connectivity index (χ1n) is 11.8. The molecule has 0 saturated carbocycles. The summed E-state index contributed by atoms with van der Waals surface area (Å²) in [5.41, 5.74) is 7.56. The Labute approximate surface area is 227 Å². The first-order chi connectivity index (χ1) is 18.6. The Hall–Kier alpha value is -4.37. The molecule has 2 aromatic heterocycles. The first-order valence-corrected chi connectivity index (χ1v) is 12.5. The van der Waals surface area contributed by atoms with Gasteiger partial charge in [0.05, 0.1) is 18.8 Å². The Balaban J connectivity index is 1.76. The average Bonchev–Trinajstić information content (AvgIpc) is 3.56. The van der Waals surface area contributed by atoms with E-state index in [9.17, 15) is 34.2 Å². The van der Waals surface area contributed by atoms with Gasteiger partial charge in [-0.1, -0.05) is 18.2 Å². The van der Waals surface area contributed by atoms with Crippen LogP contribution in [0.4, 0.5) is 0 Å². The average molecular weight is 560 g/mol. The van der Waals surface area contributed by atoms with E-state index in [1.165, 1.54) is 12.5 Å². The molecular weight excluding hydrogens is 530 g/mol. The highest BCUT2D eigenvalue weighted by atomic mass is 32.1. The number of carbonyl (C=O) groups is 5. The number of hydrogen-bond acceptors (Lipinski definition) is 8. The number of carboxylic acids is 2. The third-order valence-corrected chi connectivity index (χ3v) is 6.26. The Bertz CT molecular complexity index is 1330. The summed E-state index contributed by atoms with van der Waals surface area (Å²) >= 11 is 3.97. The van der Waals surface area contributed by atoms with E-state index in [2.05, 4.69) is 43.5 Å². The molecule has 4 unspecified atom stereocenters. The molecule has 0 radical (unpaired) electrons. The van der Waals surface area contributed by atoms with Gasteiger partial charge in [-0.2, -0.15) is 12.6 Å². The summed E-state index contributed by atoms with van der Waals surface area (Å²) in [6, 6.07) is 1.87. The fourth-order valence-electron chi connectivity index (χ4n) is 3.84. The number of amides is 3. The molecule has 15 heteroatoms. The molecular formula is C24H29N7O7S. The Morgan fingerprint density at radius 2 is 1.59 bits per heavy atom. The number of nitrogens with two attached hydrogens (primary N) is 1. The maximum atomic E-state index is 13.1. The molecule has 14 nitrogen and oxygen atoms in total. The van der Waals surface area contributed by atoms with Crippen LogP contribution in [0.25, 0.3) is 10.9 Å². The van der Waals surface area contributed by atoms with Gasteiger partial charge < -0.3 is 41.9 Å². The van der Waals surface area contributed by atoms with E-state index in [0.717, 1.165) is 10.9 Å². The monoisotopic (exact) mass is 559 g/mol. The number of hydrogen-bond donors (Lipinski definition) is 9. The van der Waals surface area contributed by atoms with Gasteiger partial charge in [0.15, 0.2) is 0 Å². The number of benzene rings is 1. The molecule has 0 spiro atoms. The van der Waals surface area contributed by atoms with Crippen molar-refractivity contribution in [2.24, 2.45) is 5.73 Å². The van der Waals surface area contributed by atoms with Gasteiger partial charge in [-0.3, -0.25) is 19.2 Å². The predicted molar refractivity (Wildman–Crippen MR) is 142 cm³/mol. The van der Waals surface area contributed by atoms with Gasteiger partial charge in [0.25, 0.3) is 0 Å². The zero-order valence-electron chi connectivity index (χ0n) is 20.6. The molecule has 39 heavy (non-hydrogen) atoms. The zero-order chi connectivity index (χ0) is 28.5. The summed E-state index contributed by atoms with van der Waals surface area (Å²) in [6.07, 6.45) is 3.41. The minimum Gasteiger partial charge on any atom is -0.481 e. The molecule has 9 N–H and O–H groups in total. The second-order valence-corrected chi connectivity index (χ2v) is 9.12. The van der Waals surface area contributed by atoms with Crippen LogP contribution >= 0.6 is 12.6 Å². The van der Waals surface area contributed by atoms with Crippen LogP contribution in [0.3, 0.4) is 0 Å². The molecule has 0 aliphatic carbocycles. The number of aromatic nitrogens is 3. The number of fused-ring (bicyclic) bond motifs is 1. The molecule has 0 aliphatic rings. The number of para-hydroxylation sites is 1. The lowest BCUT2D eigenvalue weighted by Gasteiger charge is -2.24. The summed E-state index contributed by atoms with van der Waals surface area (Å²) in [7, 11) is 0. The second-order valence-electron chi connectivity index (χ2n) is 8.75. The number of imidazole rings is 1. The topological polar surface area (TPSA) is 232 Å². The van der Waals surface area contributed by atoms with Crippen LogP contribution in [-0.4, -0.2) is 84.7 Å². The van der Waals surface area contributed by atoms with Crippen LogP contribution in [0, 0.1) is 0 Å². The van der Waals surface area contributed by atoms with Crippen molar-refractivity contribution in [1.82, 2.24) is 30.9 Å². The van der Waals surface area contributed by atoms with Crippen molar-refractivity contribution >= 4 is 53.2 Å². The van der Waals surface area contributed by atoms with Gasteiger partial charge in [-0.15, -0.1) is 0 Å². The molecule has 4 atom stereocenters.